The molecule has 3 aromatic carbocycles. The van der Waals surface area contributed by atoms with Crippen molar-refractivity contribution in [2.24, 2.45) is 0 Å². The van der Waals surface area contributed by atoms with Gasteiger partial charge in [0.25, 0.3) is 0 Å². The molecule has 1 heteroatoms. The zero-order chi connectivity index (χ0) is 12.8. The lowest BCUT2D eigenvalue weighted by molar-refractivity contribution is -0.114. The van der Waals surface area contributed by atoms with E-state index in [0.29, 0.717) is 6.42 Å². The minimum absolute atomic E-state index is 0.187. The van der Waals surface area contributed by atoms with Crippen LogP contribution in [0.4, 0.5) is 0 Å². The van der Waals surface area contributed by atoms with Gasteiger partial charge in [-0.2, -0.15) is 0 Å². The molecule has 4 rings (SSSR count). The second-order valence-electron chi connectivity index (χ2n) is 5.00. The molecule has 1 aliphatic carbocycles. The average Bonchev–Trinajstić information content (AvgIpc) is 2.46. The van der Waals surface area contributed by atoms with Crippen molar-refractivity contribution in [1.29, 1.82) is 0 Å². The highest BCUT2D eigenvalue weighted by Crippen LogP contribution is 2.32. The zero-order valence-electron chi connectivity index (χ0n) is 10.4. The summed E-state index contributed by atoms with van der Waals surface area (Å²) in [6, 6.07) is 16.9. The molecular weight excluding hydrogens is 232 g/mol. The van der Waals surface area contributed by atoms with Crippen molar-refractivity contribution in [3.8, 4) is 0 Å². The summed E-state index contributed by atoms with van der Waals surface area (Å²) in [5.74, 6) is 0.187. The Balaban J connectivity index is 2.22. The van der Waals surface area contributed by atoms with E-state index in [4.69, 9.17) is 0 Å². The normalized spacial score (nSPS) is 14.0. The van der Waals surface area contributed by atoms with Gasteiger partial charge >= 0.3 is 0 Å². The summed E-state index contributed by atoms with van der Waals surface area (Å²) < 4.78 is 0. The Morgan fingerprint density at radius 3 is 2.53 bits per heavy atom. The number of allylic oxidation sites excluding steroid dienone is 1. The van der Waals surface area contributed by atoms with E-state index in [1.807, 2.05) is 6.08 Å². The van der Waals surface area contributed by atoms with Crippen LogP contribution in [0.15, 0.2) is 54.6 Å². The van der Waals surface area contributed by atoms with E-state index < -0.39 is 0 Å². The quantitative estimate of drug-likeness (QED) is 0.543. The molecule has 0 bridgehead atoms. The molecule has 0 atom stereocenters. The molecule has 0 saturated carbocycles. The number of benzene rings is 3. The first kappa shape index (κ1) is 10.5. The lowest BCUT2D eigenvalue weighted by atomic mass is 9.89. The molecular formula is C18H12O. The molecule has 0 aromatic heterocycles. The SMILES string of the molecule is O=C1C=Cc2c(ccc3ccc4ccccc4c23)C1. The van der Waals surface area contributed by atoms with Crippen LogP contribution in [0.3, 0.4) is 0 Å². The van der Waals surface area contributed by atoms with Gasteiger partial charge in [0.2, 0.25) is 0 Å². The average molecular weight is 244 g/mol. The monoisotopic (exact) mass is 244 g/mol. The number of carbonyl (C=O) groups is 1. The highest BCUT2D eigenvalue weighted by Gasteiger charge is 2.14. The number of carbonyl (C=O) groups excluding carboxylic acids is 1. The third-order valence-corrected chi connectivity index (χ3v) is 3.84. The van der Waals surface area contributed by atoms with Gasteiger partial charge in [0.1, 0.15) is 0 Å². The smallest absolute Gasteiger partial charge is 0.160 e. The first-order valence-electron chi connectivity index (χ1n) is 6.47. The van der Waals surface area contributed by atoms with Crippen LogP contribution in [0.1, 0.15) is 11.1 Å². The topological polar surface area (TPSA) is 17.1 Å². The fraction of sp³-hybridized carbons (Fsp3) is 0.0556. The highest BCUT2D eigenvalue weighted by molar-refractivity contribution is 6.14. The molecule has 90 valence electrons. The van der Waals surface area contributed by atoms with Gasteiger partial charge in [-0.1, -0.05) is 54.6 Å². The summed E-state index contributed by atoms with van der Waals surface area (Å²) in [5, 5.41) is 5.00. The maximum atomic E-state index is 11.5. The van der Waals surface area contributed by atoms with Crippen LogP contribution in [0.5, 0.6) is 0 Å². The Morgan fingerprint density at radius 1 is 0.789 bits per heavy atom. The molecule has 0 N–H and O–H groups in total. The van der Waals surface area contributed by atoms with E-state index in [-0.39, 0.29) is 5.78 Å². The maximum Gasteiger partial charge on any atom is 0.160 e. The predicted molar refractivity (Wildman–Crippen MR) is 79.2 cm³/mol. The molecule has 0 unspecified atom stereocenters. The second kappa shape index (κ2) is 3.79. The summed E-state index contributed by atoms with van der Waals surface area (Å²) in [7, 11) is 0. The van der Waals surface area contributed by atoms with Gasteiger partial charge in [0.15, 0.2) is 5.78 Å². The van der Waals surface area contributed by atoms with Crippen LogP contribution < -0.4 is 0 Å². The Labute approximate surface area is 111 Å². The summed E-state index contributed by atoms with van der Waals surface area (Å²) in [5.41, 5.74) is 2.34. The summed E-state index contributed by atoms with van der Waals surface area (Å²) in [6.45, 7) is 0. The van der Waals surface area contributed by atoms with Gasteiger partial charge in [-0.25, -0.2) is 0 Å². The second-order valence-corrected chi connectivity index (χ2v) is 5.00. The number of hydrogen-bond acceptors (Lipinski definition) is 1. The van der Waals surface area contributed by atoms with Crippen LogP contribution in [-0.4, -0.2) is 5.78 Å². The van der Waals surface area contributed by atoms with E-state index in [1.165, 1.54) is 27.1 Å². The van der Waals surface area contributed by atoms with Crippen molar-refractivity contribution in [1.82, 2.24) is 0 Å². The van der Waals surface area contributed by atoms with Gasteiger partial charge in [0.05, 0.1) is 0 Å². The molecule has 0 spiro atoms. The third-order valence-electron chi connectivity index (χ3n) is 3.84. The lowest BCUT2D eigenvalue weighted by Gasteiger charge is -2.14. The number of rotatable bonds is 0. The van der Waals surface area contributed by atoms with Crippen molar-refractivity contribution < 1.29 is 4.79 Å². The van der Waals surface area contributed by atoms with E-state index in [1.54, 1.807) is 6.08 Å². The van der Waals surface area contributed by atoms with Crippen LogP contribution in [0, 0.1) is 0 Å². The third kappa shape index (κ3) is 1.52. The van der Waals surface area contributed by atoms with Gasteiger partial charge in [-0.3, -0.25) is 4.79 Å². The molecule has 0 saturated heterocycles. The highest BCUT2D eigenvalue weighted by atomic mass is 16.1. The molecule has 19 heavy (non-hydrogen) atoms. The van der Waals surface area contributed by atoms with Crippen molar-refractivity contribution in [2.45, 2.75) is 6.42 Å². The van der Waals surface area contributed by atoms with Gasteiger partial charge in [0, 0.05) is 6.42 Å². The Bertz CT molecular complexity index is 856. The van der Waals surface area contributed by atoms with Crippen molar-refractivity contribution in [2.75, 3.05) is 0 Å². The molecule has 0 heterocycles. The molecule has 1 nitrogen and oxygen atoms in total. The van der Waals surface area contributed by atoms with Gasteiger partial charge < -0.3 is 0 Å². The Morgan fingerprint density at radius 2 is 1.58 bits per heavy atom. The first-order valence-corrected chi connectivity index (χ1v) is 6.47. The van der Waals surface area contributed by atoms with Crippen LogP contribution in [0.2, 0.25) is 0 Å². The van der Waals surface area contributed by atoms with Crippen LogP contribution in [-0.2, 0) is 11.2 Å². The molecule has 0 aliphatic heterocycles. The number of hydrogen-bond donors (Lipinski definition) is 0. The summed E-state index contributed by atoms with van der Waals surface area (Å²) in [6.07, 6.45) is 4.19. The van der Waals surface area contributed by atoms with Crippen LogP contribution >= 0.6 is 0 Å². The van der Waals surface area contributed by atoms with Crippen molar-refractivity contribution in [3.05, 3.63) is 65.7 Å². The lowest BCUT2D eigenvalue weighted by Crippen LogP contribution is -2.05. The molecule has 0 amide bonds. The van der Waals surface area contributed by atoms with Crippen molar-refractivity contribution >= 4 is 33.4 Å². The standard InChI is InChI=1S/C18H12O/c19-15-9-10-17-14(11-15)8-7-13-6-5-12-3-1-2-4-16(12)18(13)17/h1-10H,11H2. The zero-order valence-corrected chi connectivity index (χ0v) is 10.4. The van der Waals surface area contributed by atoms with E-state index >= 15 is 0 Å². The fourth-order valence-corrected chi connectivity index (χ4v) is 2.94. The van der Waals surface area contributed by atoms with Gasteiger partial charge in [-0.05, 0) is 38.7 Å². The van der Waals surface area contributed by atoms with E-state index in [9.17, 15) is 4.79 Å². The van der Waals surface area contributed by atoms with E-state index in [2.05, 4.69) is 48.5 Å². The van der Waals surface area contributed by atoms with Crippen molar-refractivity contribution in [3.63, 3.8) is 0 Å². The molecule has 3 aromatic rings. The minimum Gasteiger partial charge on any atom is -0.294 e. The van der Waals surface area contributed by atoms with Crippen LogP contribution in [0.25, 0.3) is 27.6 Å². The summed E-state index contributed by atoms with van der Waals surface area (Å²) in [4.78, 5) is 11.5. The first-order chi connectivity index (χ1) is 9.33. The Hall–Kier alpha value is -2.41. The molecule has 1 aliphatic rings. The Kier molecular flexibility index (Phi) is 2.10. The summed E-state index contributed by atoms with van der Waals surface area (Å²) >= 11 is 0. The minimum atomic E-state index is 0.187. The number of ketones is 1. The number of fused-ring (bicyclic) bond motifs is 5. The molecule has 0 radical (unpaired) electrons. The maximum absolute atomic E-state index is 11.5. The van der Waals surface area contributed by atoms with E-state index in [0.717, 1.165) is 5.56 Å². The fourth-order valence-electron chi connectivity index (χ4n) is 2.94. The molecule has 0 fully saturated rings. The predicted octanol–water partition coefficient (Wildman–Crippen LogP) is 4.13. The largest absolute Gasteiger partial charge is 0.294 e. The van der Waals surface area contributed by atoms with Gasteiger partial charge in [-0.15, -0.1) is 0 Å².